The molecule has 1 aliphatic rings. The number of amides is 1. The van der Waals surface area contributed by atoms with Crippen LogP contribution in [0, 0.1) is 27.2 Å². The number of non-ortho nitro benzene ring substituents is 1. The normalized spacial score (nSPS) is 14.8. The minimum atomic E-state index is -0.663. The van der Waals surface area contributed by atoms with E-state index in [-0.39, 0.29) is 29.0 Å². The predicted octanol–water partition coefficient (Wildman–Crippen LogP) is 2.20. The Morgan fingerprint density at radius 3 is 2.48 bits per heavy atom. The van der Waals surface area contributed by atoms with Crippen molar-refractivity contribution in [2.45, 2.75) is 25.8 Å². The van der Waals surface area contributed by atoms with Crippen LogP contribution in [0.3, 0.4) is 0 Å². The maximum absolute atomic E-state index is 12.1. The molecule has 11 heteroatoms. The highest BCUT2D eigenvalue weighted by atomic mass is 16.6. The molecule has 2 aromatic rings. The third-order valence-corrected chi connectivity index (χ3v) is 4.40. The number of hydrogen-bond acceptors (Lipinski definition) is 8. The maximum Gasteiger partial charge on any atom is 0.299 e. The Kier molecular flexibility index (Phi) is 5.01. The number of rotatable bonds is 5. The molecule has 0 radical (unpaired) electrons. The lowest BCUT2D eigenvalue weighted by Gasteiger charge is -2.33. The van der Waals surface area contributed by atoms with Gasteiger partial charge in [-0.25, -0.2) is 0 Å². The fourth-order valence-corrected chi connectivity index (χ4v) is 3.04. The van der Waals surface area contributed by atoms with Crippen LogP contribution in [0.5, 0.6) is 0 Å². The van der Waals surface area contributed by atoms with Crippen LogP contribution in [0.2, 0.25) is 0 Å². The fourth-order valence-electron chi connectivity index (χ4n) is 3.04. The van der Waals surface area contributed by atoms with E-state index in [4.69, 9.17) is 4.52 Å². The first-order valence-corrected chi connectivity index (χ1v) is 8.27. The number of anilines is 1. The second-order valence-corrected chi connectivity index (χ2v) is 6.24. The average molecular weight is 375 g/mol. The molecule has 1 aliphatic heterocycles. The number of carbonyl (C=O) groups excluding carboxylic acids is 1. The summed E-state index contributed by atoms with van der Waals surface area (Å²) < 4.78 is 4.88. The average Bonchev–Trinajstić information content (AvgIpc) is 3.08. The molecule has 2 heterocycles. The van der Waals surface area contributed by atoms with Crippen LogP contribution in [0.25, 0.3) is 0 Å². The summed E-state index contributed by atoms with van der Waals surface area (Å²) in [6, 6.07) is 5.07. The van der Waals surface area contributed by atoms with E-state index >= 15 is 0 Å². The van der Waals surface area contributed by atoms with E-state index in [9.17, 15) is 25.0 Å². The summed E-state index contributed by atoms with van der Waals surface area (Å²) in [6.07, 6.45) is 1.16. The van der Waals surface area contributed by atoms with Gasteiger partial charge in [-0.2, -0.15) is 0 Å². The van der Waals surface area contributed by atoms with Crippen molar-refractivity contribution >= 4 is 23.0 Å². The van der Waals surface area contributed by atoms with Crippen molar-refractivity contribution in [3.8, 4) is 0 Å². The lowest BCUT2D eigenvalue weighted by molar-refractivity contribution is -0.393. The molecular formula is C16H17N5O6. The standard InChI is InChI=1S/C16H17N5O6/c1-10-8-13(18-27-10)16(22)17-11-4-6-19(7-5-11)14-3-2-12(20(23)24)9-15(14)21(25)26/h2-3,8-9,11H,4-7H2,1H3,(H,17,22). The molecule has 0 aliphatic carbocycles. The summed E-state index contributed by atoms with van der Waals surface area (Å²) in [6.45, 7) is 2.64. The van der Waals surface area contributed by atoms with Crippen molar-refractivity contribution in [1.82, 2.24) is 10.5 Å². The highest BCUT2D eigenvalue weighted by Crippen LogP contribution is 2.33. The van der Waals surface area contributed by atoms with Crippen molar-refractivity contribution in [3.63, 3.8) is 0 Å². The number of aryl methyl sites for hydroxylation is 1. The molecule has 3 rings (SSSR count). The number of nitro groups is 2. The van der Waals surface area contributed by atoms with Gasteiger partial charge >= 0.3 is 0 Å². The molecule has 1 aromatic heterocycles. The monoisotopic (exact) mass is 375 g/mol. The van der Waals surface area contributed by atoms with Gasteiger partial charge in [-0.15, -0.1) is 0 Å². The zero-order valence-corrected chi connectivity index (χ0v) is 14.5. The molecule has 27 heavy (non-hydrogen) atoms. The highest BCUT2D eigenvalue weighted by molar-refractivity contribution is 5.92. The summed E-state index contributed by atoms with van der Waals surface area (Å²) in [5.74, 6) is 0.215. The molecule has 0 spiro atoms. The minimum absolute atomic E-state index is 0.0946. The van der Waals surface area contributed by atoms with Crippen LogP contribution in [-0.4, -0.2) is 40.0 Å². The topological polar surface area (TPSA) is 145 Å². The molecule has 142 valence electrons. The van der Waals surface area contributed by atoms with Gasteiger partial charge in [0.15, 0.2) is 5.69 Å². The van der Waals surface area contributed by atoms with Gasteiger partial charge in [0.05, 0.1) is 15.9 Å². The largest absolute Gasteiger partial charge is 0.366 e. The molecule has 0 unspecified atom stereocenters. The first-order chi connectivity index (χ1) is 12.8. The van der Waals surface area contributed by atoms with Gasteiger partial charge in [0.2, 0.25) is 0 Å². The third-order valence-electron chi connectivity index (χ3n) is 4.40. The summed E-state index contributed by atoms with van der Waals surface area (Å²) in [7, 11) is 0. The SMILES string of the molecule is Cc1cc(C(=O)NC2CCN(c3ccc([N+](=O)[O-])cc3[N+](=O)[O-])CC2)no1. The summed E-state index contributed by atoms with van der Waals surface area (Å²) in [5, 5.41) is 28.7. The van der Waals surface area contributed by atoms with Crippen LogP contribution >= 0.6 is 0 Å². The van der Waals surface area contributed by atoms with Gasteiger partial charge in [-0.05, 0) is 25.8 Å². The van der Waals surface area contributed by atoms with E-state index in [1.54, 1.807) is 17.9 Å². The van der Waals surface area contributed by atoms with E-state index < -0.39 is 9.85 Å². The van der Waals surface area contributed by atoms with E-state index in [1.807, 2.05) is 0 Å². The Bertz CT molecular complexity index is 887. The van der Waals surface area contributed by atoms with Crippen molar-refractivity contribution < 1.29 is 19.2 Å². The second-order valence-electron chi connectivity index (χ2n) is 6.24. The fraction of sp³-hybridized carbons (Fsp3) is 0.375. The molecule has 1 fully saturated rings. The van der Waals surface area contributed by atoms with Crippen LogP contribution in [0.4, 0.5) is 17.1 Å². The van der Waals surface area contributed by atoms with E-state index in [1.165, 1.54) is 12.1 Å². The highest BCUT2D eigenvalue weighted by Gasteiger charge is 2.28. The molecule has 1 aromatic carbocycles. The van der Waals surface area contributed by atoms with Gasteiger partial charge in [-0.3, -0.25) is 25.0 Å². The first-order valence-electron chi connectivity index (χ1n) is 8.27. The number of carbonyl (C=O) groups is 1. The molecule has 0 saturated carbocycles. The van der Waals surface area contributed by atoms with Crippen LogP contribution in [0.15, 0.2) is 28.8 Å². The molecule has 1 saturated heterocycles. The Balaban J connectivity index is 1.66. The van der Waals surface area contributed by atoms with Crippen molar-refractivity contribution in [2.24, 2.45) is 0 Å². The number of nitrogens with one attached hydrogen (secondary N) is 1. The van der Waals surface area contributed by atoms with Gasteiger partial charge in [0.25, 0.3) is 17.3 Å². The van der Waals surface area contributed by atoms with Crippen LogP contribution in [0.1, 0.15) is 29.1 Å². The molecule has 1 amide bonds. The Morgan fingerprint density at radius 2 is 1.93 bits per heavy atom. The summed E-state index contributed by atoms with van der Waals surface area (Å²) >= 11 is 0. The number of aromatic nitrogens is 1. The molecule has 1 N–H and O–H groups in total. The zero-order chi connectivity index (χ0) is 19.6. The van der Waals surface area contributed by atoms with E-state index in [2.05, 4.69) is 10.5 Å². The Labute approximate surface area is 153 Å². The maximum atomic E-state index is 12.1. The minimum Gasteiger partial charge on any atom is -0.366 e. The third kappa shape index (κ3) is 4.02. The predicted molar refractivity (Wildman–Crippen MR) is 93.7 cm³/mol. The van der Waals surface area contributed by atoms with Gasteiger partial charge in [0, 0.05) is 31.3 Å². The quantitative estimate of drug-likeness (QED) is 0.618. The lowest BCUT2D eigenvalue weighted by atomic mass is 10.0. The summed E-state index contributed by atoms with van der Waals surface area (Å²) in [5.41, 5.74) is -0.0799. The van der Waals surface area contributed by atoms with Crippen LogP contribution in [-0.2, 0) is 0 Å². The van der Waals surface area contributed by atoms with Crippen molar-refractivity contribution in [1.29, 1.82) is 0 Å². The van der Waals surface area contributed by atoms with Crippen molar-refractivity contribution in [3.05, 3.63) is 55.9 Å². The van der Waals surface area contributed by atoms with Gasteiger partial charge < -0.3 is 14.7 Å². The number of hydrogen-bond donors (Lipinski definition) is 1. The molecular weight excluding hydrogens is 358 g/mol. The van der Waals surface area contributed by atoms with Crippen molar-refractivity contribution in [2.75, 3.05) is 18.0 Å². The van der Waals surface area contributed by atoms with E-state index in [0.717, 1.165) is 6.07 Å². The van der Waals surface area contributed by atoms with Gasteiger partial charge in [0.1, 0.15) is 11.4 Å². The lowest BCUT2D eigenvalue weighted by Crippen LogP contribution is -2.45. The smallest absolute Gasteiger partial charge is 0.299 e. The zero-order valence-electron chi connectivity index (χ0n) is 14.5. The molecule has 11 nitrogen and oxygen atoms in total. The van der Waals surface area contributed by atoms with E-state index in [0.29, 0.717) is 37.4 Å². The summed E-state index contributed by atoms with van der Waals surface area (Å²) in [4.78, 5) is 34.8. The number of nitrogens with zero attached hydrogens (tertiary/aromatic N) is 4. The number of piperidine rings is 1. The van der Waals surface area contributed by atoms with Gasteiger partial charge in [-0.1, -0.05) is 5.16 Å². The number of benzene rings is 1. The molecule has 0 bridgehead atoms. The first kappa shape index (κ1) is 18.3. The van der Waals surface area contributed by atoms with Crippen LogP contribution < -0.4 is 10.2 Å². The second kappa shape index (κ2) is 7.40. The Morgan fingerprint density at radius 1 is 1.22 bits per heavy atom. The number of nitro benzene ring substituents is 2. The Hall–Kier alpha value is -3.50. The molecule has 0 atom stereocenters.